The summed E-state index contributed by atoms with van der Waals surface area (Å²) in [5.74, 6) is -0.447. The summed E-state index contributed by atoms with van der Waals surface area (Å²) in [5.41, 5.74) is 6.95. The molecule has 0 aliphatic rings. The fraction of sp³-hybridized carbons (Fsp3) is 0.154. The average molecular weight is 325 g/mol. The highest BCUT2D eigenvalue weighted by Gasteiger charge is 2.05. The third kappa shape index (κ3) is 4.76. The van der Waals surface area contributed by atoms with E-state index in [9.17, 15) is 13.2 Å². The van der Waals surface area contributed by atoms with Crippen LogP contribution in [0.4, 0.5) is 11.4 Å². The molecule has 1 amide bonds. The van der Waals surface area contributed by atoms with Crippen LogP contribution in [0.5, 0.6) is 0 Å². The molecule has 2 rings (SSSR count). The number of carbonyl (C=O) groups is 1. The van der Waals surface area contributed by atoms with Crippen molar-refractivity contribution in [2.75, 3.05) is 16.3 Å². The number of sulfonamides is 1. The van der Waals surface area contributed by atoms with Gasteiger partial charge in [-0.15, -0.1) is 11.3 Å². The lowest BCUT2D eigenvalue weighted by Crippen LogP contribution is -2.10. The summed E-state index contributed by atoms with van der Waals surface area (Å²) in [6.45, 7) is 0.528. The van der Waals surface area contributed by atoms with Gasteiger partial charge in [0, 0.05) is 22.5 Å². The van der Waals surface area contributed by atoms with E-state index in [1.165, 1.54) is 11.3 Å². The maximum Gasteiger partial charge on any atom is 0.249 e. The van der Waals surface area contributed by atoms with Gasteiger partial charge in [-0.05, 0) is 24.3 Å². The molecule has 2 aromatic rings. The zero-order valence-electron chi connectivity index (χ0n) is 11.3. The van der Waals surface area contributed by atoms with Crippen molar-refractivity contribution in [3.63, 3.8) is 0 Å². The molecule has 21 heavy (non-hydrogen) atoms. The minimum Gasteiger partial charge on any atom is -0.380 e. The Labute approximate surface area is 127 Å². The largest absolute Gasteiger partial charge is 0.380 e. The molecule has 0 saturated carbocycles. The Morgan fingerprint density at radius 2 is 2.00 bits per heavy atom. The van der Waals surface area contributed by atoms with Gasteiger partial charge in [0.1, 0.15) is 0 Å². The van der Waals surface area contributed by atoms with Gasteiger partial charge in [0.15, 0.2) is 0 Å². The summed E-state index contributed by atoms with van der Waals surface area (Å²) in [5, 5.41) is 4.87. The molecule has 0 fully saturated rings. The quantitative estimate of drug-likeness (QED) is 0.754. The van der Waals surface area contributed by atoms with Gasteiger partial charge >= 0.3 is 0 Å². The van der Waals surface area contributed by atoms with Crippen LogP contribution in [0, 0.1) is 0 Å². The van der Waals surface area contributed by atoms with Crippen LogP contribution in [0.25, 0.3) is 0 Å². The molecule has 112 valence electrons. The summed E-state index contributed by atoms with van der Waals surface area (Å²) >= 11 is 1.44. The molecule has 0 unspecified atom stereocenters. The molecular formula is C13H15N3O3S2. The standard InChI is InChI=1S/C13H15N3O3S2/c1-21(18,19)16-11-4-2-3-10(6-11)15-7-12-5-9(8-20-12)13(14)17/h2-6,8,15-16H,7H2,1H3,(H2,14,17). The van der Waals surface area contributed by atoms with E-state index in [1.807, 2.05) is 6.07 Å². The van der Waals surface area contributed by atoms with Gasteiger partial charge < -0.3 is 11.1 Å². The monoisotopic (exact) mass is 325 g/mol. The third-order valence-corrected chi connectivity index (χ3v) is 4.11. The number of rotatable bonds is 6. The number of benzene rings is 1. The average Bonchev–Trinajstić information content (AvgIpc) is 2.83. The van der Waals surface area contributed by atoms with Crippen molar-refractivity contribution in [2.45, 2.75) is 6.54 Å². The molecule has 0 radical (unpaired) electrons. The van der Waals surface area contributed by atoms with E-state index >= 15 is 0 Å². The number of amides is 1. The molecule has 0 aliphatic heterocycles. The number of anilines is 2. The Balaban J connectivity index is 2.02. The molecular weight excluding hydrogens is 310 g/mol. The highest BCUT2D eigenvalue weighted by atomic mass is 32.2. The van der Waals surface area contributed by atoms with E-state index in [4.69, 9.17) is 5.73 Å². The number of nitrogens with one attached hydrogen (secondary N) is 2. The van der Waals surface area contributed by atoms with Crippen LogP contribution in [-0.4, -0.2) is 20.6 Å². The van der Waals surface area contributed by atoms with Crippen LogP contribution < -0.4 is 15.8 Å². The van der Waals surface area contributed by atoms with Gasteiger partial charge in [-0.25, -0.2) is 8.42 Å². The van der Waals surface area contributed by atoms with E-state index in [2.05, 4.69) is 10.0 Å². The summed E-state index contributed by atoms with van der Waals surface area (Å²) in [7, 11) is -3.29. The molecule has 1 aromatic carbocycles. The predicted octanol–water partition coefficient (Wildman–Crippen LogP) is 1.83. The van der Waals surface area contributed by atoms with Gasteiger partial charge in [0.05, 0.1) is 17.5 Å². The number of hydrogen-bond donors (Lipinski definition) is 3. The van der Waals surface area contributed by atoms with E-state index < -0.39 is 15.9 Å². The lowest BCUT2D eigenvalue weighted by atomic mass is 10.2. The number of nitrogens with two attached hydrogens (primary N) is 1. The first-order chi connectivity index (χ1) is 9.83. The molecule has 0 atom stereocenters. The lowest BCUT2D eigenvalue weighted by Gasteiger charge is -2.08. The molecule has 0 bridgehead atoms. The lowest BCUT2D eigenvalue weighted by molar-refractivity contribution is 0.100. The Bertz CT molecular complexity index is 754. The molecule has 4 N–H and O–H groups in total. The van der Waals surface area contributed by atoms with Crippen LogP contribution in [0.15, 0.2) is 35.7 Å². The molecule has 1 aromatic heterocycles. The first-order valence-electron chi connectivity index (χ1n) is 6.02. The van der Waals surface area contributed by atoms with E-state index in [0.717, 1.165) is 16.8 Å². The first kappa shape index (κ1) is 15.3. The fourth-order valence-corrected chi connectivity index (χ4v) is 3.07. The molecule has 6 nitrogen and oxygen atoms in total. The number of primary amides is 1. The molecule has 0 spiro atoms. The van der Waals surface area contributed by atoms with Gasteiger partial charge in [-0.3, -0.25) is 9.52 Å². The zero-order valence-corrected chi connectivity index (χ0v) is 12.9. The van der Waals surface area contributed by atoms with Crippen molar-refractivity contribution in [3.8, 4) is 0 Å². The summed E-state index contributed by atoms with van der Waals surface area (Å²) in [6.07, 6.45) is 1.10. The Kier molecular flexibility index (Phi) is 4.49. The predicted molar refractivity (Wildman–Crippen MR) is 85.1 cm³/mol. The highest BCUT2D eigenvalue weighted by Crippen LogP contribution is 2.19. The van der Waals surface area contributed by atoms with Gasteiger partial charge in [-0.2, -0.15) is 0 Å². The maximum atomic E-state index is 11.2. The summed E-state index contributed by atoms with van der Waals surface area (Å²) in [4.78, 5) is 12.0. The SMILES string of the molecule is CS(=O)(=O)Nc1cccc(NCc2cc(C(N)=O)cs2)c1. The van der Waals surface area contributed by atoms with Gasteiger partial charge in [0.25, 0.3) is 0 Å². The maximum absolute atomic E-state index is 11.2. The summed E-state index contributed by atoms with van der Waals surface area (Å²) < 4.78 is 24.8. The van der Waals surface area contributed by atoms with Crippen LogP contribution in [0.2, 0.25) is 0 Å². The number of thiophene rings is 1. The Morgan fingerprint density at radius 3 is 2.62 bits per heavy atom. The van der Waals surface area contributed by atoms with Crippen LogP contribution in [-0.2, 0) is 16.6 Å². The zero-order chi connectivity index (χ0) is 15.5. The van der Waals surface area contributed by atoms with E-state index in [-0.39, 0.29) is 0 Å². The van der Waals surface area contributed by atoms with Crippen molar-refractivity contribution in [1.82, 2.24) is 0 Å². The molecule has 0 saturated heterocycles. The minimum atomic E-state index is -3.29. The smallest absolute Gasteiger partial charge is 0.249 e. The van der Waals surface area contributed by atoms with Crippen LogP contribution >= 0.6 is 11.3 Å². The van der Waals surface area contributed by atoms with Crippen molar-refractivity contribution in [2.24, 2.45) is 5.73 Å². The highest BCUT2D eigenvalue weighted by molar-refractivity contribution is 7.92. The topological polar surface area (TPSA) is 101 Å². The first-order valence-corrected chi connectivity index (χ1v) is 8.79. The van der Waals surface area contributed by atoms with Crippen molar-refractivity contribution >= 4 is 38.6 Å². The van der Waals surface area contributed by atoms with Gasteiger partial charge in [0.2, 0.25) is 15.9 Å². The normalized spacial score (nSPS) is 11.1. The van der Waals surface area contributed by atoms with Crippen molar-refractivity contribution in [1.29, 1.82) is 0 Å². The second-order valence-corrected chi connectivity index (χ2v) is 7.22. The summed E-state index contributed by atoms with van der Waals surface area (Å²) in [6, 6.07) is 8.68. The second kappa shape index (κ2) is 6.15. The second-order valence-electron chi connectivity index (χ2n) is 4.47. The van der Waals surface area contributed by atoms with Crippen molar-refractivity contribution < 1.29 is 13.2 Å². The molecule has 0 aliphatic carbocycles. The van der Waals surface area contributed by atoms with E-state index in [1.54, 1.807) is 29.6 Å². The van der Waals surface area contributed by atoms with Crippen LogP contribution in [0.1, 0.15) is 15.2 Å². The van der Waals surface area contributed by atoms with Crippen molar-refractivity contribution in [3.05, 3.63) is 46.2 Å². The van der Waals surface area contributed by atoms with E-state index in [0.29, 0.717) is 17.8 Å². The molecule has 8 heteroatoms. The fourth-order valence-electron chi connectivity index (χ4n) is 1.70. The Morgan fingerprint density at radius 1 is 1.29 bits per heavy atom. The number of hydrogen-bond acceptors (Lipinski definition) is 5. The Hall–Kier alpha value is -2.06. The van der Waals surface area contributed by atoms with Crippen LogP contribution in [0.3, 0.4) is 0 Å². The minimum absolute atomic E-state index is 0.447. The van der Waals surface area contributed by atoms with Gasteiger partial charge in [-0.1, -0.05) is 6.07 Å². The third-order valence-electron chi connectivity index (χ3n) is 2.57. The molecule has 1 heterocycles. The number of carbonyl (C=O) groups excluding carboxylic acids is 1.